The first-order valence-electron chi connectivity index (χ1n) is 8.83. The van der Waals surface area contributed by atoms with Crippen LogP contribution in [0.25, 0.3) is 44.1 Å². The second-order valence-electron chi connectivity index (χ2n) is 6.31. The van der Waals surface area contributed by atoms with E-state index in [0.717, 1.165) is 21.8 Å². The van der Waals surface area contributed by atoms with E-state index < -0.39 is 0 Å². The van der Waals surface area contributed by atoms with Crippen LogP contribution in [0.4, 0.5) is 0 Å². The first-order chi connectivity index (χ1) is 13.9. The summed E-state index contributed by atoms with van der Waals surface area (Å²) in [5.74, 6) is 0. The fraction of sp³-hybridized carbons (Fsp3) is 0. The molecule has 0 aliphatic rings. The van der Waals surface area contributed by atoms with Gasteiger partial charge in [-0.3, -0.25) is 9.97 Å². The zero-order valence-corrected chi connectivity index (χ0v) is 18.4. The smallest absolute Gasteiger partial charge is 0.0970 e. The summed E-state index contributed by atoms with van der Waals surface area (Å²) in [6.45, 7) is 0. The van der Waals surface area contributed by atoms with Crippen LogP contribution in [-0.4, -0.2) is 9.97 Å². The van der Waals surface area contributed by atoms with Crippen LogP contribution >= 0.6 is 9.53 Å². The number of hydrogen-bond acceptors (Lipinski definition) is 2. The Balaban J connectivity index is 0.000000932. The quantitative estimate of drug-likeness (QED) is 0.225. The third kappa shape index (κ3) is 3.45. The molecule has 0 spiro atoms. The summed E-state index contributed by atoms with van der Waals surface area (Å²) < 4.78 is 0. The van der Waals surface area contributed by atoms with Crippen LogP contribution in [0.2, 0.25) is 0 Å². The number of halogens is 1. The summed E-state index contributed by atoms with van der Waals surface area (Å²) in [5, 5.41) is 2.26. The number of pyridine rings is 2. The minimum Gasteiger partial charge on any atom is -0.254 e. The molecule has 5 rings (SSSR count). The van der Waals surface area contributed by atoms with E-state index in [0.29, 0.717) is 0 Å². The van der Waals surface area contributed by atoms with E-state index in [-0.39, 0.29) is 0 Å². The Morgan fingerprint density at radius 1 is 0.500 bits per heavy atom. The molecule has 5 aromatic rings. The van der Waals surface area contributed by atoms with Gasteiger partial charge in [-0.2, -0.15) is 0 Å². The van der Waals surface area contributed by atoms with Gasteiger partial charge in [0.25, 0.3) is 0 Å². The molecule has 0 amide bonds. The van der Waals surface area contributed by atoms with Gasteiger partial charge in [0.15, 0.2) is 0 Å². The predicted molar refractivity (Wildman–Crippen MR) is 114 cm³/mol. The number of benzene rings is 3. The Kier molecular flexibility index (Phi) is 5.79. The summed E-state index contributed by atoms with van der Waals surface area (Å²) >= 11 is 1.19. The number of hydrogen-bond donors (Lipinski definition) is 0. The summed E-state index contributed by atoms with van der Waals surface area (Å²) in [6.07, 6.45) is 3.75. The van der Waals surface area contributed by atoms with Crippen LogP contribution < -0.4 is 0 Å². The molecule has 0 bridgehead atoms. The van der Waals surface area contributed by atoms with Crippen molar-refractivity contribution in [2.75, 3.05) is 0 Å². The van der Waals surface area contributed by atoms with Crippen molar-refractivity contribution in [3.05, 3.63) is 97.3 Å². The van der Waals surface area contributed by atoms with E-state index in [1.54, 1.807) is 0 Å². The fourth-order valence-electron chi connectivity index (χ4n) is 3.57. The predicted octanol–water partition coefficient (Wildman–Crippen LogP) is 6.80. The molecule has 0 fully saturated rings. The molecule has 0 radical (unpaired) electrons. The molecule has 0 N–H and O–H groups in total. The van der Waals surface area contributed by atoms with Gasteiger partial charge in [0.1, 0.15) is 0 Å². The molecule has 3 aromatic carbocycles. The van der Waals surface area contributed by atoms with Gasteiger partial charge in [0.2, 0.25) is 0 Å². The number of aromatic nitrogens is 2. The average molecular weight is 554 g/mol. The van der Waals surface area contributed by atoms with Crippen LogP contribution in [0.5, 0.6) is 0 Å². The summed E-state index contributed by atoms with van der Waals surface area (Å²) in [7, 11) is 4.69. The second-order valence-corrected chi connectivity index (χ2v) is 6.31. The van der Waals surface area contributed by atoms with Crippen molar-refractivity contribution in [2.45, 2.75) is 0 Å². The van der Waals surface area contributed by atoms with E-state index in [9.17, 15) is 0 Å². The van der Waals surface area contributed by atoms with E-state index in [1.165, 1.54) is 40.4 Å². The zero-order valence-electron chi connectivity index (χ0n) is 14.9. The molecule has 0 unspecified atom stereocenters. The third-order valence-electron chi connectivity index (χ3n) is 4.79. The van der Waals surface area contributed by atoms with Gasteiger partial charge in [0, 0.05) is 23.2 Å². The minimum absolute atomic E-state index is 0.946. The summed E-state index contributed by atoms with van der Waals surface area (Å²) in [6, 6.07) is 29.3. The van der Waals surface area contributed by atoms with Gasteiger partial charge in [0.05, 0.1) is 11.0 Å². The minimum atomic E-state index is 0.946. The van der Waals surface area contributed by atoms with Gasteiger partial charge in [-0.15, -0.1) is 0 Å². The van der Waals surface area contributed by atoms with Crippen LogP contribution in [0.15, 0.2) is 97.3 Å². The largest absolute Gasteiger partial charge is 0.254 e. The molecule has 2 nitrogen and oxygen atoms in total. The first-order valence-corrected chi connectivity index (χ1v) is 12.2. The van der Waals surface area contributed by atoms with Gasteiger partial charge < -0.3 is 0 Å². The van der Waals surface area contributed by atoms with Crippen LogP contribution in [0.3, 0.4) is 0 Å². The Morgan fingerprint density at radius 3 is 1.29 bits per heavy atom. The van der Waals surface area contributed by atoms with Crippen molar-refractivity contribution >= 4 is 31.3 Å². The van der Waals surface area contributed by atoms with Crippen LogP contribution in [0, 0.1) is 0 Å². The summed E-state index contributed by atoms with van der Waals surface area (Å²) in [5.41, 5.74) is 6.65. The Labute approximate surface area is 178 Å². The molecular weight excluding hydrogens is 538 g/mol. The Hall–Kier alpha value is -2.57. The average Bonchev–Trinajstić information content (AvgIpc) is 2.80. The topological polar surface area (TPSA) is 25.8 Å². The molecule has 28 heavy (non-hydrogen) atoms. The molecule has 136 valence electrons. The van der Waals surface area contributed by atoms with Crippen LogP contribution in [0.1, 0.15) is 0 Å². The second kappa shape index (κ2) is 8.63. The number of nitrogens with zero attached hydrogens (tertiary/aromatic N) is 2. The monoisotopic (exact) mass is 554 g/mol. The van der Waals surface area contributed by atoms with Gasteiger partial charge in [-0.25, -0.2) is 0 Å². The van der Waals surface area contributed by atoms with Crippen molar-refractivity contribution in [1.82, 2.24) is 9.97 Å². The van der Waals surface area contributed by atoms with E-state index >= 15 is 0 Å². The molecule has 0 aliphatic carbocycles. The Morgan fingerprint density at radius 2 is 0.893 bits per heavy atom. The van der Waals surface area contributed by atoms with Gasteiger partial charge >= 0.3 is 27.7 Å². The molecule has 0 aliphatic heterocycles. The van der Waals surface area contributed by atoms with Crippen molar-refractivity contribution in [2.24, 2.45) is 0 Å². The van der Waals surface area contributed by atoms with Crippen molar-refractivity contribution in [3.63, 3.8) is 0 Å². The van der Waals surface area contributed by atoms with E-state index in [4.69, 9.17) is 9.53 Å². The maximum Gasteiger partial charge on any atom is 0.0970 e. The van der Waals surface area contributed by atoms with Crippen molar-refractivity contribution < 1.29 is 18.2 Å². The fourth-order valence-corrected chi connectivity index (χ4v) is 3.57. The van der Waals surface area contributed by atoms with Crippen molar-refractivity contribution in [1.29, 1.82) is 0 Å². The number of rotatable bonds is 2. The molecule has 0 saturated heterocycles. The van der Waals surface area contributed by atoms with Crippen molar-refractivity contribution in [3.8, 4) is 22.3 Å². The molecule has 0 saturated carbocycles. The molecular formula is C24H16ClN2Re. The number of fused-ring (bicyclic) bond motifs is 3. The molecule has 2 aromatic heterocycles. The van der Waals surface area contributed by atoms with Gasteiger partial charge in [-0.05, 0) is 34.4 Å². The normalized spacial score (nSPS) is 10.5. The maximum atomic E-state index is 4.69. The zero-order chi connectivity index (χ0) is 19.3. The van der Waals surface area contributed by atoms with Crippen LogP contribution in [-0.2, 0) is 18.2 Å². The van der Waals surface area contributed by atoms with E-state index in [1.807, 2.05) is 24.5 Å². The first kappa shape index (κ1) is 18.8. The maximum absolute atomic E-state index is 4.69. The molecule has 0 atom stereocenters. The Bertz CT molecular complexity index is 1130. The summed E-state index contributed by atoms with van der Waals surface area (Å²) in [4.78, 5) is 9.34. The standard InChI is InChI=1S/C24H16N2.ClH.Re/c1-3-7-17(8-4-1)19-13-15-25-23-21(19)11-12-22-20(14-16-26-24(22)23)18-9-5-2-6-10-18;;/h1-16H;1H;/q;;+1/p-1. The van der Waals surface area contributed by atoms with E-state index in [2.05, 4.69) is 82.8 Å². The van der Waals surface area contributed by atoms with Gasteiger partial charge in [-0.1, -0.05) is 72.8 Å². The molecule has 2 heterocycles. The SMILES string of the molecule is [Cl][Re].c1ccc(-c2ccnc3c2ccc2c(-c4ccccc4)ccnc23)cc1. The third-order valence-corrected chi connectivity index (χ3v) is 4.79. The molecule has 4 heteroatoms.